The Kier molecular flexibility index (Phi) is 5.49. The first-order valence-corrected chi connectivity index (χ1v) is 10.4. The minimum Gasteiger partial charge on any atom is -0.373 e. The predicted octanol–water partition coefficient (Wildman–Crippen LogP) is 5.86. The molecule has 0 aliphatic heterocycles. The van der Waals surface area contributed by atoms with Crippen LogP contribution in [0, 0.1) is 23.2 Å². The van der Waals surface area contributed by atoms with Crippen molar-refractivity contribution >= 4 is 22.6 Å². The fourth-order valence-corrected chi connectivity index (χ4v) is 5.79. The van der Waals surface area contributed by atoms with Gasteiger partial charge >= 0.3 is 0 Å². The van der Waals surface area contributed by atoms with Crippen LogP contribution in [0.4, 0.5) is 0 Å². The third kappa shape index (κ3) is 3.24. The minimum atomic E-state index is 0.477. The van der Waals surface area contributed by atoms with Crippen molar-refractivity contribution in [3.8, 4) is 0 Å². The van der Waals surface area contributed by atoms with Crippen molar-refractivity contribution in [2.45, 2.75) is 58.7 Å². The van der Waals surface area contributed by atoms with Gasteiger partial charge in [0, 0.05) is 4.43 Å². The van der Waals surface area contributed by atoms with Crippen LogP contribution in [0.25, 0.3) is 0 Å². The lowest BCUT2D eigenvalue weighted by Crippen LogP contribution is -2.42. The fraction of sp³-hybridized carbons (Fsp3) is 0.700. The zero-order chi connectivity index (χ0) is 15.6. The van der Waals surface area contributed by atoms with Crippen LogP contribution in [-0.2, 0) is 11.3 Å². The monoisotopic (exact) mass is 412 g/mol. The van der Waals surface area contributed by atoms with Crippen LogP contribution in [0.3, 0.4) is 0 Å². The first-order chi connectivity index (χ1) is 10.6. The van der Waals surface area contributed by atoms with E-state index in [2.05, 4.69) is 66.8 Å². The number of alkyl halides is 1. The van der Waals surface area contributed by atoms with E-state index < -0.39 is 0 Å². The summed E-state index contributed by atoms with van der Waals surface area (Å²) in [5.74, 6) is 2.53. The molecule has 2 heteroatoms. The van der Waals surface area contributed by atoms with Gasteiger partial charge in [-0.3, -0.25) is 0 Å². The van der Waals surface area contributed by atoms with E-state index in [1.54, 1.807) is 0 Å². The van der Waals surface area contributed by atoms with Gasteiger partial charge in [-0.1, -0.05) is 73.2 Å². The van der Waals surface area contributed by atoms with E-state index in [1.165, 1.54) is 42.1 Å². The smallest absolute Gasteiger partial charge is 0.0720 e. The molecule has 2 aliphatic carbocycles. The second-order valence-corrected chi connectivity index (χ2v) is 8.54. The molecule has 0 bridgehead atoms. The highest BCUT2D eigenvalue weighted by atomic mass is 127. The summed E-state index contributed by atoms with van der Waals surface area (Å²) in [4.78, 5) is 0. The van der Waals surface area contributed by atoms with Crippen molar-refractivity contribution in [2.24, 2.45) is 23.2 Å². The van der Waals surface area contributed by atoms with Crippen LogP contribution < -0.4 is 0 Å². The quantitative estimate of drug-likeness (QED) is 0.435. The van der Waals surface area contributed by atoms with Crippen molar-refractivity contribution in [2.75, 3.05) is 4.43 Å². The molecule has 0 heterocycles. The molecule has 0 N–H and O–H groups in total. The Morgan fingerprint density at radius 3 is 2.73 bits per heavy atom. The molecule has 0 aromatic heterocycles. The lowest BCUT2D eigenvalue weighted by atomic mass is 9.62. The van der Waals surface area contributed by atoms with E-state index in [4.69, 9.17) is 4.74 Å². The molecule has 1 nitrogen and oxygen atoms in total. The van der Waals surface area contributed by atoms with Crippen molar-refractivity contribution in [3.05, 3.63) is 35.9 Å². The molecule has 22 heavy (non-hydrogen) atoms. The van der Waals surface area contributed by atoms with Gasteiger partial charge in [-0.05, 0) is 54.4 Å². The fourth-order valence-electron chi connectivity index (χ4n) is 5.18. The molecule has 0 saturated heterocycles. The van der Waals surface area contributed by atoms with Gasteiger partial charge < -0.3 is 4.74 Å². The number of fused-ring (bicyclic) bond motifs is 1. The molecule has 2 saturated carbocycles. The van der Waals surface area contributed by atoms with E-state index >= 15 is 0 Å². The molecule has 2 fully saturated rings. The first kappa shape index (κ1) is 16.8. The lowest BCUT2D eigenvalue weighted by molar-refractivity contribution is -0.0750. The standard InChI is InChI=1S/C20H29IO/c1-15(13-21)17-10-11-18-19(9-6-12-20(17,18)2)22-14-16-7-4-3-5-8-16/h3-5,7-8,15,17-19H,6,9-14H2,1-2H3. The minimum absolute atomic E-state index is 0.477. The van der Waals surface area contributed by atoms with Gasteiger partial charge in [-0.2, -0.15) is 0 Å². The summed E-state index contributed by atoms with van der Waals surface area (Å²) in [6.07, 6.45) is 7.28. The average molecular weight is 412 g/mol. The van der Waals surface area contributed by atoms with Gasteiger partial charge in [-0.15, -0.1) is 0 Å². The van der Waals surface area contributed by atoms with Crippen LogP contribution in [0.15, 0.2) is 30.3 Å². The van der Waals surface area contributed by atoms with Crippen LogP contribution in [-0.4, -0.2) is 10.5 Å². The molecular weight excluding hydrogens is 383 g/mol. The van der Waals surface area contributed by atoms with Crippen molar-refractivity contribution in [3.63, 3.8) is 0 Å². The second kappa shape index (κ2) is 7.21. The maximum atomic E-state index is 6.41. The normalized spacial score (nSPS) is 36.0. The Morgan fingerprint density at radius 1 is 1.23 bits per heavy atom. The molecule has 1 aromatic rings. The van der Waals surface area contributed by atoms with Crippen LogP contribution in [0.5, 0.6) is 0 Å². The van der Waals surface area contributed by atoms with Gasteiger partial charge in [0.25, 0.3) is 0 Å². The zero-order valence-corrected chi connectivity index (χ0v) is 16.1. The van der Waals surface area contributed by atoms with Crippen LogP contribution in [0.1, 0.15) is 51.5 Å². The van der Waals surface area contributed by atoms with Gasteiger partial charge in [0.15, 0.2) is 0 Å². The van der Waals surface area contributed by atoms with Gasteiger partial charge in [-0.25, -0.2) is 0 Å². The lowest BCUT2D eigenvalue weighted by Gasteiger charge is -2.46. The SMILES string of the molecule is CC(CI)C1CCC2C(OCc3ccccc3)CCCC12C. The van der Waals surface area contributed by atoms with Gasteiger partial charge in [0.05, 0.1) is 12.7 Å². The van der Waals surface area contributed by atoms with E-state index in [-0.39, 0.29) is 0 Å². The summed E-state index contributed by atoms with van der Waals surface area (Å²) in [5.41, 5.74) is 1.83. The highest BCUT2D eigenvalue weighted by Gasteiger charge is 2.52. The van der Waals surface area contributed by atoms with E-state index in [0.29, 0.717) is 11.5 Å². The molecule has 5 atom stereocenters. The molecule has 5 unspecified atom stereocenters. The van der Waals surface area contributed by atoms with E-state index in [1.807, 2.05) is 0 Å². The summed E-state index contributed by atoms with van der Waals surface area (Å²) in [7, 11) is 0. The molecule has 3 rings (SSSR count). The highest BCUT2D eigenvalue weighted by molar-refractivity contribution is 14.1. The summed E-state index contributed by atoms with van der Waals surface area (Å²) in [6.45, 7) is 5.81. The Labute approximate surface area is 149 Å². The molecule has 0 spiro atoms. The van der Waals surface area contributed by atoms with Crippen LogP contribution >= 0.6 is 22.6 Å². The van der Waals surface area contributed by atoms with Crippen molar-refractivity contribution < 1.29 is 4.74 Å². The molecule has 1 aromatic carbocycles. The maximum absolute atomic E-state index is 6.41. The molecule has 2 aliphatic rings. The zero-order valence-electron chi connectivity index (χ0n) is 13.9. The number of ether oxygens (including phenoxy) is 1. The van der Waals surface area contributed by atoms with Gasteiger partial charge in [0.1, 0.15) is 0 Å². The Balaban J connectivity index is 1.67. The maximum Gasteiger partial charge on any atom is 0.0720 e. The van der Waals surface area contributed by atoms with Crippen molar-refractivity contribution in [1.29, 1.82) is 0 Å². The molecule has 122 valence electrons. The number of hydrogen-bond acceptors (Lipinski definition) is 1. The molecule has 0 amide bonds. The third-order valence-corrected chi connectivity index (χ3v) is 7.76. The number of hydrogen-bond donors (Lipinski definition) is 0. The number of rotatable bonds is 5. The average Bonchev–Trinajstić information content (AvgIpc) is 2.90. The highest BCUT2D eigenvalue weighted by Crippen LogP contribution is 2.58. The Morgan fingerprint density at radius 2 is 2.00 bits per heavy atom. The summed E-state index contributed by atoms with van der Waals surface area (Å²) >= 11 is 2.57. The summed E-state index contributed by atoms with van der Waals surface area (Å²) in [5, 5.41) is 0. The Hall–Kier alpha value is -0.0900. The number of halogens is 1. The van der Waals surface area contributed by atoms with Gasteiger partial charge in [0.2, 0.25) is 0 Å². The predicted molar refractivity (Wildman–Crippen MR) is 101 cm³/mol. The largest absolute Gasteiger partial charge is 0.373 e. The van der Waals surface area contributed by atoms with Crippen LogP contribution in [0.2, 0.25) is 0 Å². The summed E-state index contributed by atoms with van der Waals surface area (Å²) in [6, 6.07) is 10.7. The number of benzene rings is 1. The van der Waals surface area contributed by atoms with E-state index in [0.717, 1.165) is 24.4 Å². The topological polar surface area (TPSA) is 9.23 Å². The summed E-state index contributed by atoms with van der Waals surface area (Å²) < 4.78 is 7.70. The first-order valence-electron chi connectivity index (χ1n) is 8.86. The van der Waals surface area contributed by atoms with Crippen molar-refractivity contribution in [1.82, 2.24) is 0 Å². The Bertz CT molecular complexity index is 474. The van der Waals surface area contributed by atoms with E-state index in [9.17, 15) is 0 Å². The molecule has 0 radical (unpaired) electrons. The third-order valence-electron chi connectivity index (χ3n) is 6.37. The molecular formula is C20H29IO. The second-order valence-electron chi connectivity index (χ2n) is 7.66.